The second-order valence-corrected chi connectivity index (χ2v) is 10.4. The van der Waals surface area contributed by atoms with E-state index in [-0.39, 0.29) is 17.9 Å². The zero-order chi connectivity index (χ0) is 27.6. The van der Waals surface area contributed by atoms with Crippen molar-refractivity contribution in [3.63, 3.8) is 0 Å². The van der Waals surface area contributed by atoms with Crippen LogP contribution in [0.25, 0.3) is 11.0 Å². The first-order chi connectivity index (χ1) is 19.5. The van der Waals surface area contributed by atoms with E-state index in [1.54, 1.807) is 30.3 Å². The molecule has 1 aliphatic heterocycles. The van der Waals surface area contributed by atoms with Gasteiger partial charge < -0.3 is 5.11 Å². The minimum Gasteiger partial charge on any atom is -0.464 e. The van der Waals surface area contributed by atoms with E-state index in [1.165, 1.54) is 15.0 Å². The van der Waals surface area contributed by atoms with Crippen LogP contribution in [0, 0.1) is 0 Å². The van der Waals surface area contributed by atoms with E-state index in [4.69, 9.17) is 9.97 Å². The van der Waals surface area contributed by atoms with Crippen molar-refractivity contribution >= 4 is 28.9 Å². The summed E-state index contributed by atoms with van der Waals surface area (Å²) in [5, 5.41) is 10.1. The lowest BCUT2D eigenvalue weighted by atomic mass is 10.0. The Balaban J connectivity index is 1.24. The molecule has 0 saturated heterocycles. The maximum Gasteiger partial charge on any atom is 0.417 e. The number of amides is 2. The van der Waals surface area contributed by atoms with Gasteiger partial charge in [-0.15, -0.1) is 0 Å². The Hall–Kier alpha value is -4.37. The minimum atomic E-state index is -1.06. The smallest absolute Gasteiger partial charge is 0.417 e. The van der Waals surface area contributed by atoms with Crippen LogP contribution in [0.1, 0.15) is 75.9 Å². The van der Waals surface area contributed by atoms with Gasteiger partial charge in [0.25, 0.3) is 11.8 Å². The fourth-order valence-corrected chi connectivity index (χ4v) is 6.06. The monoisotopic (exact) mass is 537 g/mol. The van der Waals surface area contributed by atoms with E-state index >= 15 is 0 Å². The largest absolute Gasteiger partial charge is 0.464 e. The molecule has 4 aromatic rings. The topological polar surface area (TPSA) is 109 Å². The molecular formula is C31H31N5O4. The number of fused-ring (bicyclic) bond motifs is 3. The fraction of sp³-hybridized carbons (Fsp3) is 0.323. The highest BCUT2D eigenvalue weighted by atomic mass is 16.4. The summed E-state index contributed by atoms with van der Waals surface area (Å²) in [6, 6.07) is 18.3. The van der Waals surface area contributed by atoms with Gasteiger partial charge in [-0.05, 0) is 74.5 Å². The first-order valence-corrected chi connectivity index (χ1v) is 13.9. The molecule has 0 bridgehead atoms. The van der Waals surface area contributed by atoms with Crippen molar-refractivity contribution in [2.45, 2.75) is 51.1 Å². The van der Waals surface area contributed by atoms with Crippen LogP contribution in [0.2, 0.25) is 0 Å². The lowest BCUT2D eigenvalue weighted by molar-refractivity contribution is 0.0648. The van der Waals surface area contributed by atoms with Crippen molar-refractivity contribution in [1.82, 2.24) is 24.3 Å². The number of pyridine rings is 1. The van der Waals surface area contributed by atoms with Crippen molar-refractivity contribution in [3.05, 3.63) is 95.1 Å². The quantitative estimate of drug-likeness (QED) is 0.184. The molecule has 2 aromatic heterocycles. The maximum absolute atomic E-state index is 12.8. The van der Waals surface area contributed by atoms with Gasteiger partial charge in [0.15, 0.2) is 0 Å². The first kappa shape index (κ1) is 25.9. The van der Waals surface area contributed by atoms with E-state index in [0.717, 1.165) is 37.8 Å². The minimum absolute atomic E-state index is 0.0139. The van der Waals surface area contributed by atoms with Gasteiger partial charge in [0, 0.05) is 12.7 Å². The Morgan fingerprint density at radius 1 is 0.950 bits per heavy atom. The molecule has 2 amide bonds. The number of nitrogens with zero attached hydrogens (tertiary/aromatic N) is 5. The lowest BCUT2D eigenvalue weighted by Crippen LogP contribution is -2.34. The summed E-state index contributed by atoms with van der Waals surface area (Å²) in [6.45, 7) is 1.33. The molecule has 0 spiro atoms. The van der Waals surface area contributed by atoms with Crippen LogP contribution in [0.15, 0.2) is 66.9 Å². The van der Waals surface area contributed by atoms with E-state index in [9.17, 15) is 19.5 Å². The third-order valence-corrected chi connectivity index (χ3v) is 7.98. The number of imide groups is 1. The molecule has 2 aromatic carbocycles. The molecule has 40 heavy (non-hydrogen) atoms. The van der Waals surface area contributed by atoms with Crippen molar-refractivity contribution in [2.24, 2.45) is 0 Å². The standard InChI is InChI=1S/C31H31N5O4/c37-29-22-12-2-3-13-23(22)30(38)35(29)19-8-7-18-34(26-16-5-1-10-21-11-9-17-32-28(21)26)20-27-33-24-14-4-6-15-25(24)36(27)31(39)40/h2-4,6,9,11-15,17,26H,1,5,7-8,10,16,18-20H2,(H,39,40). The van der Waals surface area contributed by atoms with Crippen LogP contribution >= 0.6 is 0 Å². The molecule has 1 N–H and O–H groups in total. The second-order valence-electron chi connectivity index (χ2n) is 10.4. The highest BCUT2D eigenvalue weighted by molar-refractivity contribution is 6.21. The van der Waals surface area contributed by atoms with Gasteiger partial charge in [-0.2, -0.15) is 0 Å². The zero-order valence-electron chi connectivity index (χ0n) is 22.2. The molecule has 1 atom stereocenters. The first-order valence-electron chi connectivity index (χ1n) is 13.9. The van der Waals surface area contributed by atoms with E-state index < -0.39 is 6.09 Å². The molecule has 2 aliphatic rings. The summed E-state index contributed by atoms with van der Waals surface area (Å²) in [5.41, 5.74) is 4.40. The Labute approximate surface area is 232 Å². The van der Waals surface area contributed by atoms with Crippen LogP contribution in [-0.4, -0.2) is 60.4 Å². The summed E-state index contributed by atoms with van der Waals surface area (Å²) in [7, 11) is 0. The van der Waals surface area contributed by atoms with Gasteiger partial charge in [0.1, 0.15) is 5.82 Å². The Kier molecular flexibility index (Phi) is 7.13. The number of aromatic nitrogens is 3. The summed E-state index contributed by atoms with van der Waals surface area (Å²) < 4.78 is 1.27. The number of carbonyl (C=O) groups excluding carboxylic acids is 2. The Bertz CT molecular complexity index is 1560. The van der Waals surface area contributed by atoms with Crippen LogP contribution in [0.3, 0.4) is 0 Å². The number of carboxylic acid groups (broad SMARTS) is 1. The second kappa shape index (κ2) is 11.0. The molecule has 6 rings (SSSR count). The SMILES string of the molecule is O=C1c2ccccc2C(=O)N1CCCCN(Cc1nc2ccccc2n1C(=O)O)C1CCCCc2cccnc21. The van der Waals surface area contributed by atoms with E-state index in [1.807, 2.05) is 30.5 Å². The third-order valence-electron chi connectivity index (χ3n) is 7.98. The average Bonchev–Trinajstić information content (AvgIpc) is 3.35. The van der Waals surface area contributed by atoms with Crippen molar-refractivity contribution < 1.29 is 19.5 Å². The van der Waals surface area contributed by atoms with E-state index in [0.29, 0.717) is 54.0 Å². The molecule has 1 aliphatic carbocycles. The fourth-order valence-electron chi connectivity index (χ4n) is 6.06. The van der Waals surface area contributed by atoms with Gasteiger partial charge in [-0.25, -0.2) is 14.3 Å². The molecule has 204 valence electrons. The van der Waals surface area contributed by atoms with Crippen molar-refractivity contribution in [3.8, 4) is 0 Å². The predicted molar refractivity (Wildman–Crippen MR) is 149 cm³/mol. The number of para-hydroxylation sites is 2. The van der Waals surface area contributed by atoms with Crippen molar-refractivity contribution in [1.29, 1.82) is 0 Å². The van der Waals surface area contributed by atoms with E-state index in [2.05, 4.69) is 11.0 Å². The van der Waals surface area contributed by atoms with Crippen LogP contribution in [0.5, 0.6) is 0 Å². The van der Waals surface area contributed by atoms with Gasteiger partial charge in [0.2, 0.25) is 0 Å². The molecule has 0 radical (unpaired) electrons. The van der Waals surface area contributed by atoms with Crippen molar-refractivity contribution in [2.75, 3.05) is 13.1 Å². The molecular weight excluding hydrogens is 506 g/mol. The number of benzene rings is 2. The predicted octanol–water partition coefficient (Wildman–Crippen LogP) is 5.30. The molecule has 3 heterocycles. The number of carbonyl (C=O) groups is 3. The number of aryl methyl sites for hydroxylation is 1. The number of imidazole rings is 1. The zero-order valence-corrected chi connectivity index (χ0v) is 22.2. The number of unbranched alkanes of at least 4 members (excludes halogenated alkanes) is 1. The molecule has 9 nitrogen and oxygen atoms in total. The average molecular weight is 538 g/mol. The van der Waals surface area contributed by atoms with Crippen LogP contribution in [-0.2, 0) is 13.0 Å². The van der Waals surface area contributed by atoms with Crippen LogP contribution < -0.4 is 0 Å². The number of hydrogen-bond acceptors (Lipinski definition) is 6. The Morgan fingerprint density at radius 2 is 1.70 bits per heavy atom. The van der Waals surface area contributed by atoms with Crippen LogP contribution in [0.4, 0.5) is 4.79 Å². The Morgan fingerprint density at radius 3 is 2.48 bits per heavy atom. The number of hydrogen-bond donors (Lipinski definition) is 1. The summed E-state index contributed by atoms with van der Waals surface area (Å²) in [5.74, 6) is -0.0140. The molecule has 0 fully saturated rings. The number of rotatable bonds is 8. The van der Waals surface area contributed by atoms with Gasteiger partial charge in [0.05, 0.1) is 40.4 Å². The highest BCUT2D eigenvalue weighted by Crippen LogP contribution is 2.33. The van der Waals surface area contributed by atoms with Gasteiger partial charge in [-0.1, -0.05) is 36.8 Å². The molecule has 0 saturated carbocycles. The normalized spacial score (nSPS) is 16.8. The molecule has 1 unspecified atom stereocenters. The van der Waals surface area contributed by atoms with Gasteiger partial charge >= 0.3 is 6.09 Å². The van der Waals surface area contributed by atoms with Gasteiger partial charge in [-0.3, -0.25) is 24.4 Å². The highest BCUT2D eigenvalue weighted by Gasteiger charge is 2.35. The third kappa shape index (κ3) is 4.77. The summed E-state index contributed by atoms with van der Waals surface area (Å²) in [4.78, 5) is 51.0. The molecule has 9 heteroatoms. The lowest BCUT2D eigenvalue weighted by Gasteiger charge is -2.31. The summed E-state index contributed by atoms with van der Waals surface area (Å²) in [6.07, 6.45) is 6.13. The summed E-state index contributed by atoms with van der Waals surface area (Å²) >= 11 is 0. The maximum atomic E-state index is 12.8.